The molecular formula is C19H16N2O5. The summed E-state index contributed by atoms with van der Waals surface area (Å²) in [4.78, 5) is 12.1. The Bertz CT molecular complexity index is 991. The molecule has 1 amide bonds. The number of ether oxygens (including phenoxy) is 1. The molecule has 0 saturated heterocycles. The van der Waals surface area contributed by atoms with Gasteiger partial charge in [-0.3, -0.25) is 4.79 Å². The topological polar surface area (TPSA) is 111 Å². The van der Waals surface area contributed by atoms with Gasteiger partial charge in [0.25, 0.3) is 5.91 Å². The number of carbonyl (C=O) groups excluding carboxylic acids is 1. The van der Waals surface area contributed by atoms with Crippen molar-refractivity contribution in [3.05, 3.63) is 59.7 Å². The van der Waals surface area contributed by atoms with Crippen LogP contribution in [0, 0.1) is 0 Å². The third-order valence-electron chi connectivity index (χ3n) is 3.84. The molecule has 0 aromatic heterocycles. The molecule has 3 aromatic rings. The maximum Gasteiger partial charge on any atom is 0.271 e. The first kappa shape index (κ1) is 17.1. The number of nitrogens with zero attached hydrogens (tertiary/aromatic N) is 1. The standard InChI is InChI=1S/C19H16N2O5/c1-26-17-7-6-11-4-2-3-5-13(11)14(17)10-20-21-19(25)12-8-15(22)18(24)16(23)9-12/h2-10,22-24H,1H3,(H,21,25). The van der Waals surface area contributed by atoms with Crippen LogP contribution in [0.25, 0.3) is 10.8 Å². The zero-order chi connectivity index (χ0) is 18.7. The first-order chi connectivity index (χ1) is 12.5. The molecule has 0 spiro atoms. The Morgan fingerprint density at radius 3 is 2.46 bits per heavy atom. The van der Waals surface area contributed by atoms with E-state index in [4.69, 9.17) is 4.74 Å². The summed E-state index contributed by atoms with van der Waals surface area (Å²) in [5.74, 6) is -1.96. The van der Waals surface area contributed by atoms with Gasteiger partial charge in [0, 0.05) is 11.1 Å². The number of methoxy groups -OCH3 is 1. The average Bonchev–Trinajstić information content (AvgIpc) is 2.65. The van der Waals surface area contributed by atoms with Crippen molar-refractivity contribution in [2.45, 2.75) is 0 Å². The number of hydrogen-bond donors (Lipinski definition) is 4. The van der Waals surface area contributed by atoms with Gasteiger partial charge in [0.15, 0.2) is 17.2 Å². The van der Waals surface area contributed by atoms with E-state index in [1.807, 2.05) is 36.4 Å². The molecular weight excluding hydrogens is 336 g/mol. The van der Waals surface area contributed by atoms with E-state index >= 15 is 0 Å². The van der Waals surface area contributed by atoms with Gasteiger partial charge in [-0.1, -0.05) is 30.3 Å². The van der Waals surface area contributed by atoms with Gasteiger partial charge in [-0.05, 0) is 29.0 Å². The number of phenolic OH excluding ortho intramolecular Hbond substituents is 3. The summed E-state index contributed by atoms with van der Waals surface area (Å²) in [5, 5.41) is 34.1. The van der Waals surface area contributed by atoms with Crippen molar-refractivity contribution in [1.29, 1.82) is 0 Å². The Morgan fingerprint density at radius 1 is 1.08 bits per heavy atom. The number of rotatable bonds is 4. The molecule has 0 saturated carbocycles. The van der Waals surface area contributed by atoms with E-state index < -0.39 is 23.2 Å². The molecule has 0 aliphatic carbocycles. The number of fused-ring (bicyclic) bond motifs is 1. The molecule has 0 aliphatic heterocycles. The smallest absolute Gasteiger partial charge is 0.271 e. The van der Waals surface area contributed by atoms with Crippen LogP contribution in [0.1, 0.15) is 15.9 Å². The predicted molar refractivity (Wildman–Crippen MR) is 97.0 cm³/mol. The van der Waals surface area contributed by atoms with Gasteiger partial charge < -0.3 is 20.1 Å². The van der Waals surface area contributed by atoms with Gasteiger partial charge in [0.2, 0.25) is 0 Å². The van der Waals surface area contributed by atoms with Crippen LogP contribution in [0.15, 0.2) is 53.6 Å². The van der Waals surface area contributed by atoms with E-state index in [0.29, 0.717) is 11.3 Å². The van der Waals surface area contributed by atoms with Gasteiger partial charge in [-0.25, -0.2) is 5.43 Å². The van der Waals surface area contributed by atoms with Crippen molar-refractivity contribution in [2.24, 2.45) is 5.10 Å². The summed E-state index contributed by atoms with van der Waals surface area (Å²) in [6, 6.07) is 13.5. The Kier molecular flexibility index (Phi) is 4.62. The van der Waals surface area contributed by atoms with Crippen LogP contribution in [0.5, 0.6) is 23.0 Å². The Morgan fingerprint density at radius 2 is 1.77 bits per heavy atom. The molecule has 0 atom stereocenters. The lowest BCUT2D eigenvalue weighted by Crippen LogP contribution is -2.17. The predicted octanol–water partition coefficient (Wildman–Crippen LogP) is 2.73. The second-order valence-corrected chi connectivity index (χ2v) is 5.46. The molecule has 132 valence electrons. The normalized spacial score (nSPS) is 11.0. The molecule has 3 rings (SSSR count). The number of hydrazone groups is 1. The van der Waals surface area contributed by atoms with E-state index in [0.717, 1.165) is 22.9 Å². The highest BCUT2D eigenvalue weighted by atomic mass is 16.5. The highest BCUT2D eigenvalue weighted by molar-refractivity contribution is 6.03. The fraction of sp³-hybridized carbons (Fsp3) is 0.0526. The molecule has 0 bridgehead atoms. The Balaban J connectivity index is 1.87. The number of carbonyl (C=O) groups is 1. The molecule has 26 heavy (non-hydrogen) atoms. The van der Waals surface area contributed by atoms with E-state index in [-0.39, 0.29) is 5.56 Å². The van der Waals surface area contributed by atoms with Crippen LogP contribution in [-0.4, -0.2) is 34.6 Å². The summed E-state index contributed by atoms with van der Waals surface area (Å²) in [7, 11) is 1.54. The summed E-state index contributed by atoms with van der Waals surface area (Å²) < 4.78 is 5.34. The number of hydrogen-bond acceptors (Lipinski definition) is 6. The average molecular weight is 352 g/mol. The van der Waals surface area contributed by atoms with Gasteiger partial charge in [-0.2, -0.15) is 5.10 Å². The van der Waals surface area contributed by atoms with Gasteiger partial charge in [0.1, 0.15) is 5.75 Å². The second-order valence-electron chi connectivity index (χ2n) is 5.46. The number of aromatic hydroxyl groups is 3. The lowest BCUT2D eigenvalue weighted by molar-refractivity contribution is 0.0954. The van der Waals surface area contributed by atoms with E-state index in [1.165, 1.54) is 6.21 Å². The molecule has 0 heterocycles. The molecule has 0 unspecified atom stereocenters. The zero-order valence-electron chi connectivity index (χ0n) is 13.8. The van der Waals surface area contributed by atoms with Gasteiger partial charge in [-0.15, -0.1) is 0 Å². The minimum Gasteiger partial charge on any atom is -0.504 e. The second kappa shape index (κ2) is 7.02. The zero-order valence-corrected chi connectivity index (χ0v) is 13.8. The summed E-state index contributed by atoms with van der Waals surface area (Å²) in [5.41, 5.74) is 2.95. The number of phenols is 3. The van der Waals surface area contributed by atoms with Crippen LogP contribution >= 0.6 is 0 Å². The monoisotopic (exact) mass is 352 g/mol. The van der Waals surface area contributed by atoms with Crippen molar-refractivity contribution in [1.82, 2.24) is 5.43 Å². The molecule has 7 heteroatoms. The van der Waals surface area contributed by atoms with E-state index in [2.05, 4.69) is 10.5 Å². The maximum atomic E-state index is 12.1. The summed E-state index contributed by atoms with van der Waals surface area (Å²) in [6.45, 7) is 0. The fourth-order valence-electron chi connectivity index (χ4n) is 2.54. The number of nitrogens with one attached hydrogen (secondary N) is 1. The van der Waals surface area contributed by atoms with E-state index in [1.54, 1.807) is 7.11 Å². The van der Waals surface area contributed by atoms with Crippen molar-refractivity contribution in [3.8, 4) is 23.0 Å². The first-order valence-corrected chi connectivity index (χ1v) is 7.65. The summed E-state index contributed by atoms with van der Waals surface area (Å²) >= 11 is 0. The third kappa shape index (κ3) is 3.23. The molecule has 0 fully saturated rings. The largest absolute Gasteiger partial charge is 0.504 e. The van der Waals surface area contributed by atoms with Crippen LogP contribution < -0.4 is 10.2 Å². The Hall–Kier alpha value is -3.74. The minimum atomic E-state index is -0.689. The van der Waals surface area contributed by atoms with Gasteiger partial charge >= 0.3 is 0 Å². The molecule has 4 N–H and O–H groups in total. The molecule has 7 nitrogen and oxygen atoms in total. The molecule has 0 radical (unpaired) electrons. The van der Waals surface area contributed by atoms with Crippen molar-refractivity contribution < 1.29 is 24.9 Å². The first-order valence-electron chi connectivity index (χ1n) is 7.65. The minimum absolute atomic E-state index is 0.0557. The lowest BCUT2D eigenvalue weighted by Gasteiger charge is -2.08. The fourth-order valence-corrected chi connectivity index (χ4v) is 2.54. The van der Waals surface area contributed by atoms with E-state index in [9.17, 15) is 20.1 Å². The number of benzene rings is 3. The lowest BCUT2D eigenvalue weighted by atomic mass is 10.0. The van der Waals surface area contributed by atoms with Crippen molar-refractivity contribution in [2.75, 3.05) is 7.11 Å². The van der Waals surface area contributed by atoms with Crippen LogP contribution in [0.3, 0.4) is 0 Å². The highest BCUT2D eigenvalue weighted by Crippen LogP contribution is 2.35. The maximum absolute atomic E-state index is 12.1. The quantitative estimate of drug-likeness (QED) is 0.328. The molecule has 3 aromatic carbocycles. The van der Waals surface area contributed by atoms with Crippen LogP contribution in [-0.2, 0) is 0 Å². The molecule has 0 aliphatic rings. The van der Waals surface area contributed by atoms with Crippen LogP contribution in [0.4, 0.5) is 0 Å². The van der Waals surface area contributed by atoms with Crippen molar-refractivity contribution >= 4 is 22.9 Å². The van der Waals surface area contributed by atoms with Crippen LogP contribution in [0.2, 0.25) is 0 Å². The Labute approximate surface area is 148 Å². The van der Waals surface area contributed by atoms with Gasteiger partial charge in [0.05, 0.1) is 13.3 Å². The SMILES string of the molecule is COc1ccc2ccccc2c1C=NNC(=O)c1cc(O)c(O)c(O)c1. The number of amides is 1. The highest BCUT2D eigenvalue weighted by Gasteiger charge is 2.13. The summed E-state index contributed by atoms with van der Waals surface area (Å²) in [6.07, 6.45) is 1.46. The van der Waals surface area contributed by atoms with Crippen molar-refractivity contribution in [3.63, 3.8) is 0 Å². The third-order valence-corrected chi connectivity index (χ3v) is 3.84.